The highest BCUT2D eigenvalue weighted by atomic mass is 79.9. The molecule has 0 aliphatic rings. The molecule has 122 valence electrons. The molecule has 5 nitrogen and oxygen atoms in total. The fourth-order valence-corrected chi connectivity index (χ4v) is 2.29. The Kier molecular flexibility index (Phi) is 6.43. The van der Waals surface area contributed by atoms with Gasteiger partial charge in [-0.2, -0.15) is 0 Å². The summed E-state index contributed by atoms with van der Waals surface area (Å²) in [5.74, 6) is 1.00. The summed E-state index contributed by atoms with van der Waals surface area (Å²) < 4.78 is 16.4. The maximum Gasteiger partial charge on any atom is 0.259 e. The van der Waals surface area contributed by atoms with E-state index in [-0.39, 0.29) is 5.91 Å². The zero-order chi connectivity index (χ0) is 16.7. The van der Waals surface area contributed by atoms with Crippen LogP contribution in [0.4, 0.5) is 5.69 Å². The topological polar surface area (TPSA) is 56.8 Å². The maximum atomic E-state index is 12.4. The molecule has 0 aromatic heterocycles. The third-order valence-corrected chi connectivity index (χ3v) is 3.57. The zero-order valence-electron chi connectivity index (χ0n) is 13.0. The van der Waals surface area contributed by atoms with Gasteiger partial charge >= 0.3 is 0 Å². The number of rotatable bonds is 7. The Balaban J connectivity index is 2.04. The summed E-state index contributed by atoms with van der Waals surface area (Å²) in [5, 5.41) is 2.83. The minimum atomic E-state index is -0.240. The van der Waals surface area contributed by atoms with Crippen LogP contribution in [0.3, 0.4) is 0 Å². The standard InChI is InChI=1S/C17H18BrNO4/c1-21-9-10-23-14-6-4-13(5-7-14)19-17(20)15-11-12(18)3-8-16(15)22-2/h3-8,11H,9-10H2,1-2H3,(H,19,20). The molecule has 0 heterocycles. The van der Waals surface area contributed by atoms with Crippen LogP contribution in [0.25, 0.3) is 0 Å². The van der Waals surface area contributed by atoms with Crippen molar-refractivity contribution in [2.75, 3.05) is 32.8 Å². The second-order valence-electron chi connectivity index (χ2n) is 4.66. The molecule has 0 atom stereocenters. The maximum absolute atomic E-state index is 12.4. The lowest BCUT2D eigenvalue weighted by Gasteiger charge is -2.11. The van der Waals surface area contributed by atoms with E-state index >= 15 is 0 Å². The summed E-state index contributed by atoms with van der Waals surface area (Å²) in [5.41, 5.74) is 1.14. The molecule has 1 amide bonds. The van der Waals surface area contributed by atoms with Gasteiger partial charge in [-0.25, -0.2) is 0 Å². The average Bonchev–Trinajstić information content (AvgIpc) is 2.56. The fourth-order valence-electron chi connectivity index (χ4n) is 1.93. The quantitative estimate of drug-likeness (QED) is 0.744. The number of anilines is 1. The van der Waals surface area contributed by atoms with Crippen molar-refractivity contribution in [3.05, 3.63) is 52.5 Å². The van der Waals surface area contributed by atoms with Crippen LogP contribution < -0.4 is 14.8 Å². The molecule has 1 N–H and O–H groups in total. The van der Waals surface area contributed by atoms with Gasteiger partial charge in [-0.05, 0) is 42.5 Å². The van der Waals surface area contributed by atoms with E-state index in [1.54, 1.807) is 43.5 Å². The Morgan fingerprint density at radius 3 is 2.48 bits per heavy atom. The van der Waals surface area contributed by atoms with E-state index < -0.39 is 0 Å². The molecular formula is C17H18BrNO4. The van der Waals surface area contributed by atoms with E-state index in [0.717, 1.165) is 10.2 Å². The number of nitrogens with one attached hydrogen (secondary N) is 1. The Labute approximate surface area is 143 Å². The van der Waals surface area contributed by atoms with Gasteiger partial charge in [-0.15, -0.1) is 0 Å². The number of methoxy groups -OCH3 is 2. The second kappa shape index (κ2) is 8.55. The number of hydrogen-bond donors (Lipinski definition) is 1. The molecule has 2 aromatic rings. The van der Waals surface area contributed by atoms with Crippen LogP contribution >= 0.6 is 15.9 Å². The zero-order valence-corrected chi connectivity index (χ0v) is 14.6. The highest BCUT2D eigenvalue weighted by Gasteiger charge is 2.13. The molecule has 0 unspecified atom stereocenters. The summed E-state index contributed by atoms with van der Waals surface area (Å²) in [6, 6.07) is 12.4. The van der Waals surface area contributed by atoms with Crippen LogP contribution in [0.2, 0.25) is 0 Å². The lowest BCUT2D eigenvalue weighted by molar-refractivity contribution is 0.102. The van der Waals surface area contributed by atoms with Crippen molar-refractivity contribution in [2.45, 2.75) is 0 Å². The van der Waals surface area contributed by atoms with Crippen molar-refractivity contribution >= 4 is 27.5 Å². The monoisotopic (exact) mass is 379 g/mol. The van der Waals surface area contributed by atoms with E-state index in [2.05, 4.69) is 21.2 Å². The molecule has 0 fully saturated rings. The molecule has 0 spiro atoms. The number of hydrogen-bond acceptors (Lipinski definition) is 4. The van der Waals surface area contributed by atoms with Gasteiger partial charge in [0.15, 0.2) is 0 Å². The molecule has 6 heteroatoms. The highest BCUT2D eigenvalue weighted by Crippen LogP contribution is 2.24. The van der Waals surface area contributed by atoms with Crippen LogP contribution in [0.5, 0.6) is 11.5 Å². The lowest BCUT2D eigenvalue weighted by Crippen LogP contribution is -2.13. The number of carbonyl (C=O) groups excluding carboxylic acids is 1. The van der Waals surface area contributed by atoms with Crippen molar-refractivity contribution < 1.29 is 19.0 Å². The van der Waals surface area contributed by atoms with Crippen molar-refractivity contribution in [2.24, 2.45) is 0 Å². The van der Waals surface area contributed by atoms with E-state index in [1.807, 2.05) is 6.07 Å². The number of halogens is 1. The van der Waals surface area contributed by atoms with Gasteiger partial charge in [0.25, 0.3) is 5.91 Å². The van der Waals surface area contributed by atoms with Crippen molar-refractivity contribution in [1.82, 2.24) is 0 Å². The first-order chi connectivity index (χ1) is 11.1. The van der Waals surface area contributed by atoms with Gasteiger partial charge in [0, 0.05) is 17.3 Å². The molecule has 0 aliphatic carbocycles. The predicted molar refractivity (Wildman–Crippen MR) is 92.5 cm³/mol. The minimum absolute atomic E-state index is 0.240. The summed E-state index contributed by atoms with van der Waals surface area (Å²) >= 11 is 3.36. The first kappa shape index (κ1) is 17.3. The SMILES string of the molecule is COCCOc1ccc(NC(=O)c2cc(Br)ccc2OC)cc1. The van der Waals surface area contributed by atoms with E-state index in [4.69, 9.17) is 14.2 Å². The Hall–Kier alpha value is -2.05. The van der Waals surface area contributed by atoms with Gasteiger partial charge in [-0.1, -0.05) is 15.9 Å². The van der Waals surface area contributed by atoms with E-state index in [9.17, 15) is 4.79 Å². The molecule has 0 saturated heterocycles. The minimum Gasteiger partial charge on any atom is -0.496 e. The van der Waals surface area contributed by atoms with Crippen LogP contribution in [0.1, 0.15) is 10.4 Å². The van der Waals surface area contributed by atoms with Crippen molar-refractivity contribution in [3.8, 4) is 11.5 Å². The molecule has 2 rings (SSSR count). The molecular weight excluding hydrogens is 362 g/mol. The summed E-state index contributed by atoms with van der Waals surface area (Å²) in [6.07, 6.45) is 0. The van der Waals surface area contributed by atoms with Gasteiger partial charge in [0.05, 0.1) is 19.3 Å². The molecule has 0 bridgehead atoms. The highest BCUT2D eigenvalue weighted by molar-refractivity contribution is 9.10. The Morgan fingerprint density at radius 1 is 1.09 bits per heavy atom. The Morgan fingerprint density at radius 2 is 1.83 bits per heavy atom. The second-order valence-corrected chi connectivity index (χ2v) is 5.58. The summed E-state index contributed by atoms with van der Waals surface area (Å²) in [4.78, 5) is 12.4. The molecule has 0 radical (unpaired) electrons. The third kappa shape index (κ3) is 4.97. The van der Waals surface area contributed by atoms with Crippen molar-refractivity contribution in [1.29, 1.82) is 0 Å². The van der Waals surface area contributed by atoms with Gasteiger partial charge in [-0.3, -0.25) is 4.79 Å². The van der Waals surface area contributed by atoms with Gasteiger partial charge < -0.3 is 19.5 Å². The van der Waals surface area contributed by atoms with Crippen LogP contribution in [-0.2, 0) is 4.74 Å². The van der Waals surface area contributed by atoms with E-state index in [0.29, 0.717) is 30.2 Å². The van der Waals surface area contributed by atoms with E-state index in [1.165, 1.54) is 7.11 Å². The van der Waals surface area contributed by atoms with Gasteiger partial charge in [0.1, 0.15) is 18.1 Å². The normalized spacial score (nSPS) is 10.2. The molecule has 2 aromatic carbocycles. The van der Waals surface area contributed by atoms with Crippen molar-refractivity contribution in [3.63, 3.8) is 0 Å². The first-order valence-corrected chi connectivity index (χ1v) is 7.80. The molecule has 0 saturated carbocycles. The number of benzene rings is 2. The fraction of sp³-hybridized carbons (Fsp3) is 0.235. The molecule has 23 heavy (non-hydrogen) atoms. The number of ether oxygens (including phenoxy) is 3. The average molecular weight is 380 g/mol. The molecule has 0 aliphatic heterocycles. The Bertz CT molecular complexity index is 658. The predicted octanol–water partition coefficient (Wildman–Crippen LogP) is 3.74. The van der Waals surface area contributed by atoms with Crippen LogP contribution in [-0.4, -0.2) is 33.3 Å². The van der Waals surface area contributed by atoms with Gasteiger partial charge in [0.2, 0.25) is 0 Å². The van der Waals surface area contributed by atoms with Crippen LogP contribution in [0, 0.1) is 0 Å². The first-order valence-electron chi connectivity index (χ1n) is 7.00. The lowest BCUT2D eigenvalue weighted by atomic mass is 10.2. The summed E-state index contributed by atoms with van der Waals surface area (Å²) in [6.45, 7) is 1.01. The smallest absolute Gasteiger partial charge is 0.259 e. The number of amides is 1. The number of carbonyl (C=O) groups is 1. The third-order valence-electron chi connectivity index (χ3n) is 3.07. The summed E-state index contributed by atoms with van der Waals surface area (Å²) in [7, 11) is 3.16. The largest absolute Gasteiger partial charge is 0.496 e. The van der Waals surface area contributed by atoms with Crippen LogP contribution in [0.15, 0.2) is 46.9 Å².